The minimum Gasteiger partial charge on any atom is -0.327 e. The van der Waals surface area contributed by atoms with Crippen LogP contribution in [-0.4, -0.2) is 6.04 Å². The molecule has 1 aliphatic carbocycles. The molecule has 0 fully saturated rings. The molecule has 2 N–H and O–H groups in total. The Labute approximate surface area is 135 Å². The highest BCUT2D eigenvalue weighted by molar-refractivity contribution is 6.35. The third-order valence-corrected chi connectivity index (χ3v) is 4.66. The summed E-state index contributed by atoms with van der Waals surface area (Å²) < 4.78 is 0. The first-order valence-corrected chi connectivity index (χ1v) is 7.85. The molecule has 21 heavy (non-hydrogen) atoms. The largest absolute Gasteiger partial charge is 0.327 e. The van der Waals surface area contributed by atoms with E-state index in [-0.39, 0.29) is 12.0 Å². The molecule has 1 nitrogen and oxygen atoms in total. The van der Waals surface area contributed by atoms with Gasteiger partial charge < -0.3 is 5.73 Å². The Kier molecular flexibility index (Phi) is 4.34. The van der Waals surface area contributed by atoms with Gasteiger partial charge in [-0.3, -0.25) is 0 Å². The van der Waals surface area contributed by atoms with Crippen molar-refractivity contribution in [2.24, 2.45) is 5.73 Å². The van der Waals surface area contributed by atoms with Crippen LogP contribution in [0.15, 0.2) is 54.6 Å². The van der Waals surface area contributed by atoms with Gasteiger partial charge in [-0.2, -0.15) is 0 Å². The highest BCUT2D eigenvalue weighted by atomic mass is 35.5. The van der Waals surface area contributed by atoms with Crippen molar-refractivity contribution in [1.29, 1.82) is 0 Å². The number of hydrogen-bond acceptors (Lipinski definition) is 1. The zero-order valence-corrected chi connectivity index (χ0v) is 13.1. The lowest BCUT2D eigenvalue weighted by molar-refractivity contribution is 0.529. The Morgan fingerprint density at radius 2 is 1.76 bits per heavy atom. The van der Waals surface area contributed by atoms with Crippen LogP contribution in [0.1, 0.15) is 29.9 Å². The quantitative estimate of drug-likeness (QED) is 0.801. The third kappa shape index (κ3) is 3.16. The highest BCUT2D eigenvalue weighted by Gasteiger charge is 2.26. The molecule has 108 valence electrons. The zero-order valence-electron chi connectivity index (χ0n) is 11.6. The lowest BCUT2D eigenvalue weighted by atomic mass is 9.78. The number of benzene rings is 2. The second kappa shape index (κ2) is 6.23. The number of rotatable bonds is 2. The average molecular weight is 318 g/mol. The van der Waals surface area contributed by atoms with E-state index in [1.165, 1.54) is 11.1 Å². The van der Waals surface area contributed by atoms with E-state index >= 15 is 0 Å². The Bertz CT molecular complexity index is 664. The number of nitrogens with two attached hydrogens (primary N) is 1. The second-order valence-electron chi connectivity index (χ2n) is 5.47. The molecule has 0 radical (unpaired) electrons. The van der Waals surface area contributed by atoms with E-state index in [4.69, 9.17) is 28.9 Å². The molecular formula is C18H17Cl2N. The van der Waals surface area contributed by atoms with E-state index in [1.54, 1.807) is 6.07 Å². The predicted molar refractivity (Wildman–Crippen MR) is 90.8 cm³/mol. The van der Waals surface area contributed by atoms with Crippen LogP contribution in [0.2, 0.25) is 10.0 Å². The maximum Gasteiger partial charge on any atom is 0.0456 e. The van der Waals surface area contributed by atoms with Gasteiger partial charge in [0.1, 0.15) is 0 Å². The molecule has 0 aromatic heterocycles. The number of halogens is 2. The fraction of sp³-hybridized carbons (Fsp3) is 0.222. The Hall–Kier alpha value is -1.28. The van der Waals surface area contributed by atoms with Crippen LogP contribution in [0.25, 0.3) is 5.57 Å². The molecule has 2 aromatic rings. The molecule has 0 unspecified atom stereocenters. The van der Waals surface area contributed by atoms with Crippen molar-refractivity contribution < 1.29 is 0 Å². The number of hydrogen-bond donors (Lipinski definition) is 1. The van der Waals surface area contributed by atoms with Crippen molar-refractivity contribution >= 4 is 28.8 Å². The first-order valence-electron chi connectivity index (χ1n) is 7.10. The van der Waals surface area contributed by atoms with Crippen LogP contribution in [0.5, 0.6) is 0 Å². The van der Waals surface area contributed by atoms with Gasteiger partial charge in [-0.25, -0.2) is 0 Å². The van der Waals surface area contributed by atoms with Crippen LogP contribution in [0, 0.1) is 0 Å². The minimum atomic E-state index is 0.0936. The fourth-order valence-electron chi connectivity index (χ4n) is 2.94. The van der Waals surface area contributed by atoms with Crippen LogP contribution >= 0.6 is 23.2 Å². The molecular weight excluding hydrogens is 301 g/mol. The molecule has 2 aromatic carbocycles. The SMILES string of the molecule is N[C@H]1CC=C(c2ccccc2)C[C@@H]1c1ccc(Cl)cc1Cl. The Morgan fingerprint density at radius 1 is 1.00 bits per heavy atom. The van der Waals surface area contributed by atoms with Gasteiger partial charge in [0, 0.05) is 22.0 Å². The molecule has 3 heteroatoms. The fourth-order valence-corrected chi connectivity index (χ4v) is 3.49. The minimum absolute atomic E-state index is 0.0936. The van der Waals surface area contributed by atoms with Crippen LogP contribution in [0.4, 0.5) is 0 Å². The van der Waals surface area contributed by atoms with E-state index in [9.17, 15) is 0 Å². The highest BCUT2D eigenvalue weighted by Crippen LogP contribution is 2.39. The van der Waals surface area contributed by atoms with Crippen molar-refractivity contribution in [3.05, 3.63) is 75.8 Å². The van der Waals surface area contributed by atoms with Gasteiger partial charge in [0.2, 0.25) is 0 Å². The van der Waals surface area contributed by atoms with Crippen LogP contribution < -0.4 is 5.73 Å². The summed E-state index contributed by atoms with van der Waals surface area (Å²) in [6.07, 6.45) is 4.03. The van der Waals surface area contributed by atoms with E-state index in [1.807, 2.05) is 18.2 Å². The first kappa shape index (κ1) is 14.6. The van der Waals surface area contributed by atoms with Crippen LogP contribution in [0.3, 0.4) is 0 Å². The topological polar surface area (TPSA) is 26.0 Å². The van der Waals surface area contributed by atoms with Gasteiger partial charge in [0.05, 0.1) is 0 Å². The second-order valence-corrected chi connectivity index (χ2v) is 6.32. The average Bonchev–Trinajstić information content (AvgIpc) is 2.49. The van der Waals surface area contributed by atoms with Gasteiger partial charge in [-0.1, -0.05) is 65.7 Å². The first-order chi connectivity index (χ1) is 10.1. The van der Waals surface area contributed by atoms with Gasteiger partial charge in [0.25, 0.3) is 0 Å². The summed E-state index contributed by atoms with van der Waals surface area (Å²) in [7, 11) is 0. The normalized spacial score (nSPS) is 22.0. The molecule has 0 spiro atoms. The summed E-state index contributed by atoms with van der Waals surface area (Å²) >= 11 is 12.4. The standard InChI is InChI=1S/C18H17Cl2N/c19-14-7-8-15(17(20)11-14)16-10-13(6-9-18(16)21)12-4-2-1-3-5-12/h1-8,11,16,18H,9-10,21H2/t16-,18+/m1/s1. The zero-order chi connectivity index (χ0) is 14.8. The van der Waals surface area contributed by atoms with Crippen molar-refractivity contribution in [3.8, 4) is 0 Å². The lowest BCUT2D eigenvalue weighted by Crippen LogP contribution is -2.30. The van der Waals surface area contributed by atoms with Crippen molar-refractivity contribution in [3.63, 3.8) is 0 Å². The maximum absolute atomic E-state index is 6.36. The van der Waals surface area contributed by atoms with E-state index < -0.39 is 0 Å². The number of allylic oxidation sites excluding steroid dienone is 1. The predicted octanol–water partition coefficient (Wildman–Crippen LogP) is 5.28. The molecule has 0 amide bonds. The molecule has 0 heterocycles. The molecule has 2 atom stereocenters. The van der Waals surface area contributed by atoms with E-state index in [0.29, 0.717) is 10.0 Å². The summed E-state index contributed by atoms with van der Waals surface area (Å²) in [5.74, 6) is 0.231. The van der Waals surface area contributed by atoms with Gasteiger partial charge in [-0.15, -0.1) is 0 Å². The third-order valence-electron chi connectivity index (χ3n) is 4.10. The summed E-state index contributed by atoms with van der Waals surface area (Å²) in [5, 5.41) is 1.37. The molecule has 1 aliphatic rings. The Balaban J connectivity index is 1.92. The van der Waals surface area contributed by atoms with Crippen LogP contribution in [-0.2, 0) is 0 Å². The van der Waals surface area contributed by atoms with E-state index in [2.05, 4.69) is 30.3 Å². The summed E-state index contributed by atoms with van der Waals surface area (Å²) in [6.45, 7) is 0. The molecule has 0 saturated heterocycles. The molecule has 0 aliphatic heterocycles. The summed E-state index contributed by atoms with van der Waals surface area (Å²) in [5.41, 5.74) is 10.0. The van der Waals surface area contributed by atoms with Crippen molar-refractivity contribution in [1.82, 2.24) is 0 Å². The summed E-state index contributed by atoms with van der Waals surface area (Å²) in [6, 6.07) is 16.2. The monoisotopic (exact) mass is 317 g/mol. The molecule has 3 rings (SSSR count). The van der Waals surface area contributed by atoms with Gasteiger partial charge in [-0.05, 0) is 41.7 Å². The van der Waals surface area contributed by atoms with E-state index in [0.717, 1.165) is 18.4 Å². The van der Waals surface area contributed by atoms with Crippen molar-refractivity contribution in [2.45, 2.75) is 24.8 Å². The molecule has 0 bridgehead atoms. The maximum atomic E-state index is 6.36. The Morgan fingerprint density at radius 3 is 2.48 bits per heavy atom. The van der Waals surface area contributed by atoms with Gasteiger partial charge >= 0.3 is 0 Å². The van der Waals surface area contributed by atoms with Gasteiger partial charge in [0.15, 0.2) is 0 Å². The molecule has 0 saturated carbocycles. The lowest BCUT2D eigenvalue weighted by Gasteiger charge is -2.30. The summed E-state index contributed by atoms with van der Waals surface area (Å²) in [4.78, 5) is 0. The van der Waals surface area contributed by atoms with Crippen molar-refractivity contribution in [2.75, 3.05) is 0 Å². The smallest absolute Gasteiger partial charge is 0.0456 e.